The zero-order valence-electron chi connectivity index (χ0n) is 12.2. The molecule has 0 bridgehead atoms. The van der Waals surface area contributed by atoms with Crippen molar-refractivity contribution in [3.05, 3.63) is 0 Å². The first-order valence-corrected chi connectivity index (χ1v) is 6.54. The van der Waals surface area contributed by atoms with Gasteiger partial charge in [0.2, 0.25) is 11.8 Å². The average Bonchev–Trinajstić information content (AvgIpc) is 2.23. The van der Waals surface area contributed by atoms with Gasteiger partial charge in [-0.2, -0.15) is 0 Å². The van der Waals surface area contributed by atoms with Gasteiger partial charge in [-0.15, -0.1) is 0 Å². The number of nitrogens with two attached hydrogens (primary N) is 1. The highest BCUT2D eigenvalue weighted by Crippen LogP contribution is 2.09. The van der Waals surface area contributed by atoms with Gasteiger partial charge >= 0.3 is 0 Å². The standard InChI is InChI=1S/C13H27N3O2/c1-6-7-13(4,5)16-10(17)8-15-12(18)11(14)9(2)3/h9,11H,6-8,14H2,1-5H3,(H,15,18)(H,16,17)/t11-/m0/s1. The number of hydrogen-bond donors (Lipinski definition) is 3. The molecule has 18 heavy (non-hydrogen) atoms. The predicted molar refractivity (Wildman–Crippen MR) is 73.0 cm³/mol. The molecule has 2 amide bonds. The van der Waals surface area contributed by atoms with E-state index in [2.05, 4.69) is 17.6 Å². The van der Waals surface area contributed by atoms with Gasteiger partial charge in [0, 0.05) is 5.54 Å². The summed E-state index contributed by atoms with van der Waals surface area (Å²) in [5.74, 6) is -0.407. The first-order chi connectivity index (χ1) is 8.19. The van der Waals surface area contributed by atoms with Crippen molar-refractivity contribution < 1.29 is 9.59 Å². The molecule has 106 valence electrons. The van der Waals surface area contributed by atoms with Crippen LogP contribution in [0.25, 0.3) is 0 Å². The quantitative estimate of drug-likeness (QED) is 0.630. The highest BCUT2D eigenvalue weighted by molar-refractivity contribution is 5.87. The molecule has 0 aliphatic heterocycles. The van der Waals surface area contributed by atoms with Crippen molar-refractivity contribution in [2.75, 3.05) is 6.54 Å². The lowest BCUT2D eigenvalue weighted by Crippen LogP contribution is -2.50. The lowest BCUT2D eigenvalue weighted by Gasteiger charge is -2.26. The number of rotatable bonds is 7. The largest absolute Gasteiger partial charge is 0.350 e. The molecule has 0 aliphatic rings. The normalized spacial score (nSPS) is 13.3. The molecule has 0 unspecified atom stereocenters. The Bertz CT molecular complexity index is 288. The molecule has 0 aliphatic carbocycles. The second kappa shape index (κ2) is 7.36. The maximum absolute atomic E-state index is 11.7. The van der Waals surface area contributed by atoms with E-state index in [1.807, 2.05) is 27.7 Å². The molecule has 0 fully saturated rings. The van der Waals surface area contributed by atoms with Crippen molar-refractivity contribution in [2.24, 2.45) is 11.7 Å². The van der Waals surface area contributed by atoms with Gasteiger partial charge in [0.1, 0.15) is 0 Å². The van der Waals surface area contributed by atoms with Crippen LogP contribution in [0.4, 0.5) is 0 Å². The number of carbonyl (C=O) groups is 2. The molecule has 5 heteroatoms. The average molecular weight is 257 g/mol. The van der Waals surface area contributed by atoms with E-state index in [0.29, 0.717) is 0 Å². The lowest BCUT2D eigenvalue weighted by atomic mass is 9.99. The summed E-state index contributed by atoms with van der Waals surface area (Å²) >= 11 is 0. The minimum absolute atomic E-state index is 0.0214. The predicted octanol–water partition coefficient (Wildman–Crippen LogP) is 0.781. The van der Waals surface area contributed by atoms with Crippen LogP contribution in [0, 0.1) is 5.92 Å². The van der Waals surface area contributed by atoms with Crippen molar-refractivity contribution in [1.82, 2.24) is 10.6 Å². The summed E-state index contributed by atoms with van der Waals surface area (Å²) in [5.41, 5.74) is 5.44. The Hall–Kier alpha value is -1.10. The molecule has 0 rings (SSSR count). The van der Waals surface area contributed by atoms with Crippen molar-refractivity contribution in [3.63, 3.8) is 0 Å². The third-order valence-electron chi connectivity index (χ3n) is 2.80. The summed E-state index contributed by atoms with van der Waals surface area (Å²) in [4.78, 5) is 23.2. The van der Waals surface area contributed by atoms with E-state index in [1.54, 1.807) is 0 Å². The van der Waals surface area contributed by atoms with E-state index in [1.165, 1.54) is 0 Å². The fourth-order valence-electron chi connectivity index (χ4n) is 1.70. The summed E-state index contributed by atoms with van der Waals surface area (Å²) in [6, 6.07) is -0.568. The van der Waals surface area contributed by atoms with Crippen LogP contribution in [-0.2, 0) is 9.59 Å². The van der Waals surface area contributed by atoms with Crippen molar-refractivity contribution >= 4 is 11.8 Å². The molecule has 0 aromatic heterocycles. The maximum atomic E-state index is 11.7. The highest BCUT2D eigenvalue weighted by atomic mass is 16.2. The van der Waals surface area contributed by atoms with Gasteiger partial charge in [0.05, 0.1) is 12.6 Å². The fourth-order valence-corrected chi connectivity index (χ4v) is 1.70. The van der Waals surface area contributed by atoms with E-state index in [4.69, 9.17) is 5.73 Å². The third kappa shape index (κ3) is 6.59. The molecule has 0 radical (unpaired) electrons. The first-order valence-electron chi connectivity index (χ1n) is 6.54. The summed E-state index contributed by atoms with van der Waals surface area (Å²) in [6.45, 7) is 9.72. The van der Waals surface area contributed by atoms with Crippen molar-refractivity contribution in [3.8, 4) is 0 Å². The topological polar surface area (TPSA) is 84.2 Å². The van der Waals surface area contributed by atoms with Crippen LogP contribution in [0.5, 0.6) is 0 Å². The van der Waals surface area contributed by atoms with Crippen LogP contribution in [0.3, 0.4) is 0 Å². The summed E-state index contributed by atoms with van der Waals surface area (Å²) < 4.78 is 0. The maximum Gasteiger partial charge on any atom is 0.239 e. The van der Waals surface area contributed by atoms with Crippen LogP contribution < -0.4 is 16.4 Å². The molecular formula is C13H27N3O2. The fraction of sp³-hybridized carbons (Fsp3) is 0.846. The Balaban J connectivity index is 4.08. The number of carbonyl (C=O) groups excluding carboxylic acids is 2. The number of amides is 2. The Morgan fingerprint density at radius 2 is 1.83 bits per heavy atom. The number of nitrogens with one attached hydrogen (secondary N) is 2. The molecule has 0 saturated carbocycles. The molecule has 0 saturated heterocycles. The van der Waals surface area contributed by atoms with Gasteiger partial charge in [-0.25, -0.2) is 0 Å². The van der Waals surface area contributed by atoms with Gasteiger partial charge < -0.3 is 16.4 Å². The summed E-state index contributed by atoms with van der Waals surface area (Å²) in [5, 5.41) is 5.44. The second-order valence-electron chi connectivity index (χ2n) is 5.67. The zero-order chi connectivity index (χ0) is 14.3. The lowest BCUT2D eigenvalue weighted by molar-refractivity contribution is -0.128. The summed E-state index contributed by atoms with van der Waals surface area (Å²) in [7, 11) is 0. The van der Waals surface area contributed by atoms with Crippen LogP contribution in [0.1, 0.15) is 47.5 Å². The van der Waals surface area contributed by atoms with E-state index in [-0.39, 0.29) is 29.8 Å². The van der Waals surface area contributed by atoms with E-state index < -0.39 is 6.04 Å². The summed E-state index contributed by atoms with van der Waals surface area (Å²) in [6.07, 6.45) is 1.90. The SMILES string of the molecule is CCCC(C)(C)NC(=O)CNC(=O)[C@@H](N)C(C)C. The smallest absolute Gasteiger partial charge is 0.239 e. The van der Waals surface area contributed by atoms with Gasteiger partial charge in [-0.05, 0) is 26.2 Å². The van der Waals surface area contributed by atoms with Crippen LogP contribution in [0.15, 0.2) is 0 Å². The minimum atomic E-state index is -0.568. The minimum Gasteiger partial charge on any atom is -0.350 e. The van der Waals surface area contributed by atoms with Gasteiger partial charge in [0.15, 0.2) is 0 Å². The van der Waals surface area contributed by atoms with Crippen LogP contribution in [0.2, 0.25) is 0 Å². The number of hydrogen-bond acceptors (Lipinski definition) is 3. The zero-order valence-corrected chi connectivity index (χ0v) is 12.2. The Labute approximate surface area is 110 Å². The van der Waals surface area contributed by atoms with Gasteiger partial charge in [-0.3, -0.25) is 9.59 Å². The molecule has 0 aromatic rings. The van der Waals surface area contributed by atoms with Gasteiger partial charge in [0.25, 0.3) is 0 Å². The van der Waals surface area contributed by atoms with Crippen LogP contribution in [-0.4, -0.2) is 29.9 Å². The Morgan fingerprint density at radius 3 is 2.28 bits per heavy atom. The van der Waals surface area contributed by atoms with Crippen LogP contribution >= 0.6 is 0 Å². The third-order valence-corrected chi connectivity index (χ3v) is 2.80. The van der Waals surface area contributed by atoms with E-state index >= 15 is 0 Å². The molecule has 0 aromatic carbocycles. The molecule has 0 heterocycles. The monoisotopic (exact) mass is 257 g/mol. The Kier molecular flexibility index (Phi) is 6.91. The molecule has 0 spiro atoms. The molecule has 4 N–H and O–H groups in total. The molecule has 1 atom stereocenters. The molecule has 5 nitrogen and oxygen atoms in total. The second-order valence-corrected chi connectivity index (χ2v) is 5.67. The van der Waals surface area contributed by atoms with E-state index in [9.17, 15) is 9.59 Å². The van der Waals surface area contributed by atoms with Gasteiger partial charge in [-0.1, -0.05) is 27.2 Å². The van der Waals surface area contributed by atoms with Crippen molar-refractivity contribution in [2.45, 2.75) is 59.0 Å². The highest BCUT2D eigenvalue weighted by Gasteiger charge is 2.21. The van der Waals surface area contributed by atoms with E-state index in [0.717, 1.165) is 12.8 Å². The first kappa shape index (κ1) is 16.9. The Morgan fingerprint density at radius 1 is 1.28 bits per heavy atom. The van der Waals surface area contributed by atoms with Crippen molar-refractivity contribution in [1.29, 1.82) is 0 Å². The molecular weight excluding hydrogens is 230 g/mol.